The van der Waals surface area contributed by atoms with Gasteiger partial charge in [-0.05, 0) is 47.5 Å². The predicted octanol–water partition coefficient (Wildman–Crippen LogP) is 2.64. The summed E-state index contributed by atoms with van der Waals surface area (Å²) in [5.74, 6) is 1.19. The first-order valence-corrected chi connectivity index (χ1v) is 5.94. The molecule has 1 aromatic carbocycles. The summed E-state index contributed by atoms with van der Waals surface area (Å²) in [7, 11) is 0. The Hall–Kier alpha value is -1.56. The summed E-state index contributed by atoms with van der Waals surface area (Å²) >= 11 is 3.45. The van der Waals surface area contributed by atoms with Crippen molar-refractivity contribution in [2.24, 2.45) is 0 Å². The van der Waals surface area contributed by atoms with Gasteiger partial charge in [0.05, 0.1) is 6.54 Å². The van der Waals surface area contributed by atoms with Gasteiger partial charge >= 0.3 is 0 Å². The van der Waals surface area contributed by atoms with Gasteiger partial charge in [0, 0.05) is 15.8 Å². The molecule has 90 valence electrons. The molecule has 0 aliphatic heterocycles. The second-order valence-corrected chi connectivity index (χ2v) is 4.63. The summed E-state index contributed by atoms with van der Waals surface area (Å²) in [4.78, 5) is 4.12. The van der Waals surface area contributed by atoms with E-state index >= 15 is 0 Å². The van der Waals surface area contributed by atoms with Crippen LogP contribution in [-0.2, 0) is 6.54 Å². The number of hydrogen-bond acceptors (Lipinski definition) is 5. The highest BCUT2D eigenvalue weighted by Crippen LogP contribution is 2.27. The van der Waals surface area contributed by atoms with Crippen LogP contribution in [0, 0.1) is 13.8 Å². The molecule has 0 spiro atoms. The van der Waals surface area contributed by atoms with Gasteiger partial charge in [-0.1, -0.05) is 5.16 Å². The van der Waals surface area contributed by atoms with Crippen LogP contribution in [0.4, 0.5) is 11.4 Å². The quantitative estimate of drug-likeness (QED) is 0.852. The topological polar surface area (TPSA) is 77.0 Å². The Morgan fingerprint density at radius 1 is 1.41 bits per heavy atom. The summed E-state index contributed by atoms with van der Waals surface area (Å²) in [6, 6.07) is 3.85. The molecule has 0 aliphatic carbocycles. The lowest BCUT2D eigenvalue weighted by atomic mass is 10.2. The van der Waals surface area contributed by atoms with E-state index < -0.39 is 0 Å². The Kier molecular flexibility index (Phi) is 3.33. The molecule has 0 bridgehead atoms. The van der Waals surface area contributed by atoms with Gasteiger partial charge in [0.25, 0.3) is 0 Å². The number of aryl methyl sites for hydroxylation is 2. The minimum atomic E-state index is 0.489. The van der Waals surface area contributed by atoms with E-state index in [0.29, 0.717) is 18.3 Å². The lowest BCUT2D eigenvalue weighted by Gasteiger charge is -2.09. The molecule has 0 unspecified atom stereocenters. The van der Waals surface area contributed by atoms with E-state index in [1.807, 2.05) is 19.1 Å². The van der Waals surface area contributed by atoms with Crippen LogP contribution in [0.15, 0.2) is 21.1 Å². The highest BCUT2D eigenvalue weighted by Gasteiger charge is 2.06. The average Bonchev–Trinajstić information content (AvgIpc) is 2.68. The molecule has 0 aliphatic rings. The fraction of sp³-hybridized carbons (Fsp3) is 0.273. The average molecular weight is 297 g/mol. The van der Waals surface area contributed by atoms with Gasteiger partial charge in [-0.2, -0.15) is 4.98 Å². The monoisotopic (exact) mass is 296 g/mol. The van der Waals surface area contributed by atoms with Crippen LogP contribution in [-0.4, -0.2) is 10.1 Å². The van der Waals surface area contributed by atoms with Crippen molar-refractivity contribution in [3.8, 4) is 0 Å². The Morgan fingerprint density at radius 3 is 2.82 bits per heavy atom. The SMILES string of the molecule is Cc1noc(CNc2cc(C)c(N)cc2Br)n1. The molecular weight excluding hydrogens is 284 g/mol. The Balaban J connectivity index is 2.11. The van der Waals surface area contributed by atoms with Crippen LogP contribution in [0.2, 0.25) is 0 Å². The summed E-state index contributed by atoms with van der Waals surface area (Å²) in [5.41, 5.74) is 8.54. The number of aromatic nitrogens is 2. The van der Waals surface area contributed by atoms with Gasteiger partial charge < -0.3 is 15.6 Å². The lowest BCUT2D eigenvalue weighted by molar-refractivity contribution is 0.379. The molecule has 1 aromatic heterocycles. The van der Waals surface area contributed by atoms with Gasteiger partial charge in [0.15, 0.2) is 5.82 Å². The molecule has 6 heteroatoms. The molecule has 0 saturated carbocycles. The summed E-state index contributed by atoms with van der Waals surface area (Å²) in [5, 5.41) is 6.94. The number of nitrogens with zero attached hydrogens (tertiary/aromatic N) is 2. The minimum Gasteiger partial charge on any atom is -0.398 e. The zero-order chi connectivity index (χ0) is 12.4. The number of halogens is 1. The third-order valence-corrected chi connectivity index (χ3v) is 3.01. The van der Waals surface area contributed by atoms with Crippen LogP contribution in [0.25, 0.3) is 0 Å². The molecule has 0 fully saturated rings. The van der Waals surface area contributed by atoms with Crippen molar-refractivity contribution in [3.05, 3.63) is 33.9 Å². The van der Waals surface area contributed by atoms with Crippen molar-refractivity contribution in [1.82, 2.24) is 10.1 Å². The molecule has 2 aromatic rings. The van der Waals surface area contributed by atoms with Gasteiger partial charge in [-0.3, -0.25) is 0 Å². The molecule has 0 radical (unpaired) electrons. The van der Waals surface area contributed by atoms with E-state index in [0.717, 1.165) is 21.4 Å². The van der Waals surface area contributed by atoms with Crippen LogP contribution >= 0.6 is 15.9 Å². The first-order valence-electron chi connectivity index (χ1n) is 5.15. The zero-order valence-corrected chi connectivity index (χ0v) is 11.2. The largest absolute Gasteiger partial charge is 0.398 e. The van der Waals surface area contributed by atoms with E-state index in [4.69, 9.17) is 10.3 Å². The summed E-state index contributed by atoms with van der Waals surface area (Å²) in [6.45, 7) is 4.24. The van der Waals surface area contributed by atoms with Crippen molar-refractivity contribution in [1.29, 1.82) is 0 Å². The Morgan fingerprint density at radius 2 is 2.18 bits per heavy atom. The second-order valence-electron chi connectivity index (χ2n) is 3.78. The summed E-state index contributed by atoms with van der Waals surface area (Å²) in [6.07, 6.45) is 0. The maximum Gasteiger partial charge on any atom is 0.245 e. The first kappa shape index (κ1) is 11.9. The second kappa shape index (κ2) is 4.75. The number of nitrogens with two attached hydrogens (primary N) is 1. The Bertz CT molecular complexity index is 538. The highest BCUT2D eigenvalue weighted by molar-refractivity contribution is 9.10. The number of hydrogen-bond donors (Lipinski definition) is 2. The van der Waals surface area contributed by atoms with Crippen molar-refractivity contribution >= 4 is 27.3 Å². The maximum atomic E-state index is 5.80. The van der Waals surface area contributed by atoms with E-state index in [1.165, 1.54) is 0 Å². The van der Waals surface area contributed by atoms with Gasteiger partial charge in [-0.25, -0.2) is 0 Å². The van der Waals surface area contributed by atoms with Crippen molar-refractivity contribution in [2.75, 3.05) is 11.1 Å². The molecular formula is C11H13BrN4O. The molecule has 1 heterocycles. The number of nitrogens with one attached hydrogen (secondary N) is 1. The number of rotatable bonds is 3. The molecule has 3 N–H and O–H groups in total. The normalized spacial score (nSPS) is 10.5. The minimum absolute atomic E-state index is 0.489. The number of nitrogen functional groups attached to an aromatic ring is 1. The lowest BCUT2D eigenvalue weighted by Crippen LogP contribution is -2.02. The van der Waals surface area contributed by atoms with Gasteiger partial charge in [0.2, 0.25) is 5.89 Å². The summed E-state index contributed by atoms with van der Waals surface area (Å²) < 4.78 is 5.93. The fourth-order valence-corrected chi connectivity index (χ4v) is 1.92. The molecule has 0 amide bonds. The van der Waals surface area contributed by atoms with E-state index in [9.17, 15) is 0 Å². The molecule has 17 heavy (non-hydrogen) atoms. The smallest absolute Gasteiger partial charge is 0.245 e. The first-order chi connectivity index (χ1) is 8.06. The number of benzene rings is 1. The molecule has 2 rings (SSSR count). The van der Waals surface area contributed by atoms with Crippen LogP contribution < -0.4 is 11.1 Å². The fourth-order valence-electron chi connectivity index (χ4n) is 1.42. The van der Waals surface area contributed by atoms with E-state index in [-0.39, 0.29) is 0 Å². The Labute approximate surface area is 108 Å². The molecule has 5 nitrogen and oxygen atoms in total. The van der Waals surface area contributed by atoms with Crippen LogP contribution in [0.3, 0.4) is 0 Å². The number of anilines is 2. The van der Waals surface area contributed by atoms with Crippen LogP contribution in [0.1, 0.15) is 17.3 Å². The predicted molar refractivity (Wildman–Crippen MR) is 69.7 cm³/mol. The highest BCUT2D eigenvalue weighted by atomic mass is 79.9. The molecule has 0 atom stereocenters. The van der Waals surface area contributed by atoms with Gasteiger partial charge in [0.1, 0.15) is 0 Å². The van der Waals surface area contributed by atoms with E-state index in [2.05, 4.69) is 31.4 Å². The maximum absolute atomic E-state index is 5.80. The third-order valence-electron chi connectivity index (χ3n) is 2.36. The zero-order valence-electron chi connectivity index (χ0n) is 9.62. The molecule has 0 saturated heterocycles. The van der Waals surface area contributed by atoms with E-state index in [1.54, 1.807) is 6.92 Å². The van der Waals surface area contributed by atoms with Crippen molar-refractivity contribution in [2.45, 2.75) is 20.4 Å². The third kappa shape index (κ3) is 2.76. The van der Waals surface area contributed by atoms with Crippen molar-refractivity contribution in [3.63, 3.8) is 0 Å². The standard InChI is InChI=1S/C11H13BrN4O/c1-6-3-10(8(12)4-9(6)13)14-5-11-15-7(2)16-17-11/h3-4,14H,5,13H2,1-2H3. The van der Waals surface area contributed by atoms with Gasteiger partial charge in [-0.15, -0.1) is 0 Å². The van der Waals surface area contributed by atoms with Crippen LogP contribution in [0.5, 0.6) is 0 Å². The van der Waals surface area contributed by atoms with Crippen molar-refractivity contribution < 1.29 is 4.52 Å².